The monoisotopic (exact) mass is 183 g/mol. The van der Waals surface area contributed by atoms with Gasteiger partial charge in [-0.3, -0.25) is 4.79 Å². The molecule has 2 atom stereocenters. The molecule has 13 heavy (non-hydrogen) atoms. The average Bonchev–Trinajstić information content (AvgIpc) is 2.58. The van der Waals surface area contributed by atoms with Crippen LogP contribution in [0, 0.1) is 0 Å². The van der Waals surface area contributed by atoms with Gasteiger partial charge in [-0.1, -0.05) is 0 Å². The maximum absolute atomic E-state index is 10.3. The molecule has 2 rings (SSSR count). The van der Waals surface area contributed by atoms with E-state index in [0.29, 0.717) is 18.4 Å². The Morgan fingerprint density at radius 1 is 1.62 bits per heavy atom. The smallest absolute Gasteiger partial charge is 0.303 e. The van der Waals surface area contributed by atoms with Crippen molar-refractivity contribution in [3.63, 3.8) is 0 Å². The first kappa shape index (κ1) is 8.53. The van der Waals surface area contributed by atoms with E-state index < -0.39 is 5.97 Å². The highest BCUT2D eigenvalue weighted by atomic mass is 16.5. The molecule has 2 unspecified atom stereocenters. The molecule has 1 N–H and O–H groups in total. The van der Waals surface area contributed by atoms with Gasteiger partial charge in [0.05, 0.1) is 12.5 Å². The molecular formula is C9H13NO3. The van der Waals surface area contributed by atoms with Gasteiger partial charge in [0.25, 0.3) is 0 Å². The Morgan fingerprint density at radius 2 is 2.46 bits per heavy atom. The lowest BCUT2D eigenvalue weighted by molar-refractivity contribution is -0.136. The summed E-state index contributed by atoms with van der Waals surface area (Å²) in [6, 6.07) is 0.323. The van der Waals surface area contributed by atoms with Crippen LogP contribution in [0.4, 0.5) is 0 Å². The molecule has 0 spiro atoms. The van der Waals surface area contributed by atoms with E-state index in [1.807, 2.05) is 0 Å². The topological polar surface area (TPSA) is 58.9 Å². The van der Waals surface area contributed by atoms with Crippen molar-refractivity contribution in [2.75, 3.05) is 0 Å². The fourth-order valence-electron chi connectivity index (χ4n) is 1.92. The van der Waals surface area contributed by atoms with E-state index in [9.17, 15) is 4.79 Å². The number of aliphatic carboxylic acids is 1. The number of ether oxygens (including phenoxy) is 1. The van der Waals surface area contributed by atoms with E-state index in [0.717, 1.165) is 12.8 Å². The third-order valence-electron chi connectivity index (χ3n) is 2.57. The molecule has 1 aliphatic carbocycles. The first-order valence-corrected chi connectivity index (χ1v) is 4.71. The fourth-order valence-corrected chi connectivity index (χ4v) is 1.92. The van der Waals surface area contributed by atoms with Crippen LogP contribution in [0.3, 0.4) is 0 Å². The summed E-state index contributed by atoms with van der Waals surface area (Å²) in [6.07, 6.45) is 4.18. The molecular weight excluding hydrogens is 170 g/mol. The van der Waals surface area contributed by atoms with Crippen LogP contribution in [0.15, 0.2) is 4.99 Å². The molecule has 0 bridgehead atoms. The number of carboxylic acids is 1. The van der Waals surface area contributed by atoms with Gasteiger partial charge < -0.3 is 9.84 Å². The maximum Gasteiger partial charge on any atom is 0.303 e. The highest BCUT2D eigenvalue weighted by Gasteiger charge is 2.34. The van der Waals surface area contributed by atoms with Crippen LogP contribution in [-0.4, -0.2) is 29.1 Å². The molecule has 4 nitrogen and oxygen atoms in total. The lowest BCUT2D eigenvalue weighted by atomic mass is 10.2. The molecule has 0 saturated heterocycles. The van der Waals surface area contributed by atoms with Gasteiger partial charge in [-0.25, -0.2) is 4.99 Å². The Bertz CT molecular complexity index is 249. The fraction of sp³-hybridized carbons (Fsp3) is 0.778. The van der Waals surface area contributed by atoms with Gasteiger partial charge in [-0.05, 0) is 19.3 Å². The summed E-state index contributed by atoms with van der Waals surface area (Å²) in [5.74, 6) is -0.138. The van der Waals surface area contributed by atoms with Crippen molar-refractivity contribution >= 4 is 11.9 Å². The predicted octanol–water partition coefficient (Wildman–Crippen LogP) is 1.20. The predicted molar refractivity (Wildman–Crippen MR) is 46.8 cm³/mol. The summed E-state index contributed by atoms with van der Waals surface area (Å²) >= 11 is 0. The molecule has 2 aliphatic rings. The zero-order valence-corrected chi connectivity index (χ0v) is 7.40. The number of aliphatic imine (C=N–C) groups is 1. The third kappa shape index (κ3) is 1.82. The molecule has 0 aromatic heterocycles. The lowest BCUT2D eigenvalue weighted by Gasteiger charge is -2.07. The van der Waals surface area contributed by atoms with Crippen LogP contribution >= 0.6 is 0 Å². The molecule has 0 aromatic rings. The normalized spacial score (nSPS) is 30.9. The second kappa shape index (κ2) is 3.36. The number of carbonyl (C=O) groups is 1. The van der Waals surface area contributed by atoms with Crippen LogP contribution < -0.4 is 0 Å². The summed E-state index contributed by atoms with van der Waals surface area (Å²) < 4.78 is 5.52. The van der Waals surface area contributed by atoms with Crippen LogP contribution in [0.5, 0.6) is 0 Å². The van der Waals surface area contributed by atoms with Gasteiger partial charge in [0, 0.05) is 6.42 Å². The van der Waals surface area contributed by atoms with Gasteiger partial charge in [0.1, 0.15) is 6.10 Å². The number of fused-ring (bicyclic) bond motifs is 1. The summed E-state index contributed by atoms with van der Waals surface area (Å²) in [4.78, 5) is 14.6. The number of rotatable bonds is 3. The highest BCUT2D eigenvalue weighted by Crippen LogP contribution is 2.30. The van der Waals surface area contributed by atoms with Crippen LogP contribution in [0.1, 0.15) is 32.1 Å². The molecule has 1 saturated carbocycles. The molecule has 4 heteroatoms. The summed E-state index contributed by atoms with van der Waals surface area (Å²) in [5.41, 5.74) is 0. The Labute approximate surface area is 76.6 Å². The van der Waals surface area contributed by atoms with Crippen molar-refractivity contribution in [3.05, 3.63) is 0 Å². The molecule has 1 fully saturated rings. The van der Waals surface area contributed by atoms with Crippen LogP contribution in [0.25, 0.3) is 0 Å². The van der Waals surface area contributed by atoms with E-state index in [2.05, 4.69) is 4.99 Å². The number of hydrogen-bond acceptors (Lipinski definition) is 3. The van der Waals surface area contributed by atoms with Crippen molar-refractivity contribution in [1.82, 2.24) is 0 Å². The average molecular weight is 183 g/mol. The molecule has 1 heterocycles. The Kier molecular flexibility index (Phi) is 2.20. The van der Waals surface area contributed by atoms with Gasteiger partial charge in [0.2, 0.25) is 0 Å². The largest absolute Gasteiger partial charge is 0.481 e. The number of carboxylic acid groups (broad SMARTS) is 1. The second-order valence-electron chi connectivity index (χ2n) is 3.57. The van der Waals surface area contributed by atoms with Crippen molar-refractivity contribution in [1.29, 1.82) is 0 Å². The van der Waals surface area contributed by atoms with Gasteiger partial charge in [-0.2, -0.15) is 0 Å². The van der Waals surface area contributed by atoms with E-state index in [4.69, 9.17) is 9.84 Å². The minimum Gasteiger partial charge on any atom is -0.481 e. The SMILES string of the molecule is O=C(O)CCC1=NC2CCCC2O1. The van der Waals surface area contributed by atoms with E-state index in [1.165, 1.54) is 6.42 Å². The zero-order chi connectivity index (χ0) is 9.26. The van der Waals surface area contributed by atoms with Crippen molar-refractivity contribution < 1.29 is 14.6 Å². The summed E-state index contributed by atoms with van der Waals surface area (Å²) in [5, 5.41) is 8.47. The van der Waals surface area contributed by atoms with E-state index in [-0.39, 0.29) is 12.5 Å². The van der Waals surface area contributed by atoms with E-state index in [1.54, 1.807) is 0 Å². The Balaban J connectivity index is 1.85. The first-order chi connectivity index (χ1) is 6.25. The van der Waals surface area contributed by atoms with Crippen molar-refractivity contribution in [2.45, 2.75) is 44.2 Å². The highest BCUT2D eigenvalue weighted by molar-refractivity contribution is 5.82. The first-order valence-electron chi connectivity index (χ1n) is 4.71. The van der Waals surface area contributed by atoms with E-state index >= 15 is 0 Å². The third-order valence-corrected chi connectivity index (χ3v) is 2.57. The molecule has 1 aliphatic heterocycles. The standard InChI is InChI=1S/C9H13NO3/c11-9(12)5-4-8-10-6-2-1-3-7(6)13-8/h6-7H,1-5H2,(H,11,12). The van der Waals surface area contributed by atoms with Crippen LogP contribution in [-0.2, 0) is 9.53 Å². The molecule has 72 valence electrons. The zero-order valence-electron chi connectivity index (χ0n) is 7.40. The second-order valence-corrected chi connectivity index (χ2v) is 3.57. The van der Waals surface area contributed by atoms with Crippen LogP contribution in [0.2, 0.25) is 0 Å². The van der Waals surface area contributed by atoms with Crippen molar-refractivity contribution in [2.24, 2.45) is 4.99 Å². The minimum atomic E-state index is -0.789. The van der Waals surface area contributed by atoms with Gasteiger partial charge >= 0.3 is 5.97 Å². The number of hydrogen-bond donors (Lipinski definition) is 1. The Morgan fingerprint density at radius 3 is 3.15 bits per heavy atom. The molecule has 0 aromatic carbocycles. The van der Waals surface area contributed by atoms with Gasteiger partial charge in [0.15, 0.2) is 5.90 Å². The minimum absolute atomic E-state index is 0.123. The summed E-state index contributed by atoms with van der Waals surface area (Å²) in [6.45, 7) is 0. The van der Waals surface area contributed by atoms with Crippen molar-refractivity contribution in [3.8, 4) is 0 Å². The quantitative estimate of drug-likeness (QED) is 0.715. The summed E-state index contributed by atoms with van der Waals surface area (Å²) in [7, 11) is 0. The molecule has 0 amide bonds. The lowest BCUT2D eigenvalue weighted by Crippen LogP contribution is -2.15. The Hall–Kier alpha value is -1.06. The molecule has 0 radical (unpaired) electrons. The maximum atomic E-state index is 10.3. The van der Waals surface area contributed by atoms with Gasteiger partial charge in [-0.15, -0.1) is 0 Å². The number of nitrogens with zero attached hydrogens (tertiary/aromatic N) is 1.